The van der Waals surface area contributed by atoms with Gasteiger partial charge in [0.15, 0.2) is 6.61 Å². The first-order chi connectivity index (χ1) is 14.9. The number of nitro benzene ring substituents is 1. The Morgan fingerprint density at radius 3 is 2.29 bits per heavy atom. The zero-order valence-electron chi connectivity index (χ0n) is 17.0. The van der Waals surface area contributed by atoms with Crippen molar-refractivity contribution in [2.24, 2.45) is 0 Å². The van der Waals surface area contributed by atoms with Crippen molar-refractivity contribution in [3.63, 3.8) is 0 Å². The highest BCUT2D eigenvalue weighted by molar-refractivity contribution is 5.92. The first-order valence-electron chi connectivity index (χ1n) is 9.74. The fourth-order valence-corrected chi connectivity index (χ4v) is 3.17. The van der Waals surface area contributed by atoms with Crippen LogP contribution in [-0.2, 0) is 16.0 Å². The van der Waals surface area contributed by atoms with E-state index in [1.54, 1.807) is 6.92 Å². The highest BCUT2D eigenvalue weighted by Gasteiger charge is 2.19. The minimum absolute atomic E-state index is 0.0222. The Balaban J connectivity index is 1.65. The van der Waals surface area contributed by atoms with Crippen LogP contribution in [0.5, 0.6) is 0 Å². The van der Waals surface area contributed by atoms with Crippen LogP contribution in [0, 0.1) is 17.0 Å². The lowest BCUT2D eigenvalue weighted by Gasteiger charge is -2.19. The number of carbonyl (C=O) groups excluding carboxylic acids is 2. The number of hydrogen-bond donors (Lipinski definition) is 1. The Morgan fingerprint density at radius 1 is 1.00 bits per heavy atom. The van der Waals surface area contributed by atoms with Crippen LogP contribution in [0.15, 0.2) is 78.9 Å². The van der Waals surface area contributed by atoms with Gasteiger partial charge in [-0.15, -0.1) is 0 Å². The van der Waals surface area contributed by atoms with Crippen molar-refractivity contribution < 1.29 is 19.2 Å². The molecule has 3 aromatic rings. The Kier molecular flexibility index (Phi) is 7.11. The predicted octanol–water partition coefficient (Wildman–Crippen LogP) is 4.16. The van der Waals surface area contributed by atoms with E-state index >= 15 is 0 Å². The minimum Gasteiger partial charge on any atom is -0.452 e. The summed E-state index contributed by atoms with van der Waals surface area (Å²) in [6, 6.07) is 23.0. The normalized spacial score (nSPS) is 11.4. The number of nitro groups is 1. The first kappa shape index (κ1) is 21.7. The molecule has 0 aromatic heterocycles. The smallest absolute Gasteiger partial charge is 0.338 e. The summed E-state index contributed by atoms with van der Waals surface area (Å²) in [5.74, 6) is -1.25. The highest BCUT2D eigenvalue weighted by atomic mass is 16.6. The number of ether oxygens (including phenoxy) is 1. The van der Waals surface area contributed by atoms with E-state index < -0.39 is 23.4 Å². The molecule has 0 saturated carbocycles. The SMILES string of the molecule is Cc1ccc(C(=O)OCC(=O)N[C@H](Cc2ccccc2)c2ccccc2)cc1[N+](=O)[O-]. The van der Waals surface area contributed by atoms with Crippen molar-refractivity contribution in [1.29, 1.82) is 0 Å². The number of hydrogen-bond acceptors (Lipinski definition) is 5. The molecule has 158 valence electrons. The van der Waals surface area contributed by atoms with Crippen molar-refractivity contribution in [2.75, 3.05) is 6.61 Å². The van der Waals surface area contributed by atoms with E-state index in [0.717, 1.165) is 17.2 Å². The van der Waals surface area contributed by atoms with Gasteiger partial charge in [-0.05, 0) is 30.5 Å². The highest BCUT2D eigenvalue weighted by Crippen LogP contribution is 2.20. The van der Waals surface area contributed by atoms with E-state index in [0.29, 0.717) is 12.0 Å². The molecule has 0 bridgehead atoms. The van der Waals surface area contributed by atoms with Crippen LogP contribution in [0.3, 0.4) is 0 Å². The number of aryl methyl sites for hydroxylation is 1. The molecule has 0 aliphatic heterocycles. The van der Waals surface area contributed by atoms with Gasteiger partial charge in [0.25, 0.3) is 11.6 Å². The molecular weight excluding hydrogens is 396 g/mol. The van der Waals surface area contributed by atoms with Crippen LogP contribution in [0.4, 0.5) is 5.69 Å². The number of amides is 1. The van der Waals surface area contributed by atoms with Gasteiger partial charge in [-0.2, -0.15) is 0 Å². The van der Waals surface area contributed by atoms with Gasteiger partial charge in [0.05, 0.1) is 16.5 Å². The molecule has 0 saturated heterocycles. The van der Waals surface area contributed by atoms with E-state index in [9.17, 15) is 19.7 Å². The zero-order chi connectivity index (χ0) is 22.2. The van der Waals surface area contributed by atoms with Crippen molar-refractivity contribution >= 4 is 17.6 Å². The summed E-state index contributed by atoms with van der Waals surface area (Å²) in [6.07, 6.45) is 0.578. The van der Waals surface area contributed by atoms with Crippen molar-refractivity contribution in [1.82, 2.24) is 5.32 Å². The van der Waals surface area contributed by atoms with Crippen molar-refractivity contribution in [2.45, 2.75) is 19.4 Å². The van der Waals surface area contributed by atoms with Crippen molar-refractivity contribution in [3.8, 4) is 0 Å². The van der Waals surface area contributed by atoms with Gasteiger partial charge in [0, 0.05) is 11.6 Å². The van der Waals surface area contributed by atoms with Gasteiger partial charge in [-0.25, -0.2) is 4.79 Å². The molecular formula is C24H22N2O5. The summed E-state index contributed by atoms with van der Waals surface area (Å²) < 4.78 is 5.08. The molecule has 31 heavy (non-hydrogen) atoms. The molecule has 0 aliphatic carbocycles. The summed E-state index contributed by atoms with van der Waals surface area (Å²) in [5, 5.41) is 14.0. The molecule has 1 amide bonds. The van der Waals surface area contributed by atoms with Gasteiger partial charge in [-0.1, -0.05) is 66.7 Å². The van der Waals surface area contributed by atoms with E-state index in [-0.39, 0.29) is 17.3 Å². The average molecular weight is 418 g/mol. The maximum atomic E-state index is 12.5. The van der Waals surface area contributed by atoms with Crippen LogP contribution >= 0.6 is 0 Å². The van der Waals surface area contributed by atoms with Crippen LogP contribution < -0.4 is 5.32 Å². The van der Waals surface area contributed by atoms with Gasteiger partial charge in [-0.3, -0.25) is 14.9 Å². The summed E-state index contributed by atoms with van der Waals surface area (Å²) in [7, 11) is 0. The van der Waals surface area contributed by atoms with Crippen LogP contribution in [0.2, 0.25) is 0 Å². The second-order valence-electron chi connectivity index (χ2n) is 7.06. The lowest BCUT2D eigenvalue weighted by molar-refractivity contribution is -0.385. The molecule has 3 aromatic carbocycles. The van der Waals surface area contributed by atoms with Gasteiger partial charge in [0.2, 0.25) is 0 Å². The van der Waals surface area contributed by atoms with Crippen molar-refractivity contribution in [3.05, 3.63) is 111 Å². The molecule has 0 heterocycles. The molecule has 1 atom stereocenters. The number of carbonyl (C=O) groups is 2. The van der Waals surface area contributed by atoms with E-state index in [2.05, 4.69) is 5.32 Å². The second-order valence-corrected chi connectivity index (χ2v) is 7.06. The second kappa shape index (κ2) is 10.2. The molecule has 3 rings (SSSR count). The fourth-order valence-electron chi connectivity index (χ4n) is 3.17. The topological polar surface area (TPSA) is 98.5 Å². The number of nitrogens with zero attached hydrogens (tertiary/aromatic N) is 1. The summed E-state index contributed by atoms with van der Waals surface area (Å²) in [4.78, 5) is 35.2. The number of rotatable bonds is 8. The summed E-state index contributed by atoms with van der Waals surface area (Å²) in [6.45, 7) is 1.09. The third-order valence-electron chi connectivity index (χ3n) is 4.80. The number of esters is 1. The van der Waals surface area contributed by atoms with Gasteiger partial charge < -0.3 is 10.1 Å². The maximum absolute atomic E-state index is 12.5. The predicted molar refractivity (Wildman–Crippen MR) is 116 cm³/mol. The van der Waals surface area contributed by atoms with E-state index in [1.165, 1.54) is 12.1 Å². The van der Waals surface area contributed by atoms with Crippen LogP contribution in [0.1, 0.15) is 33.1 Å². The maximum Gasteiger partial charge on any atom is 0.338 e. The zero-order valence-corrected chi connectivity index (χ0v) is 17.0. The lowest BCUT2D eigenvalue weighted by Crippen LogP contribution is -2.33. The minimum atomic E-state index is -0.794. The largest absolute Gasteiger partial charge is 0.452 e. The summed E-state index contributed by atoms with van der Waals surface area (Å²) >= 11 is 0. The molecule has 0 fully saturated rings. The van der Waals surface area contributed by atoms with Crippen LogP contribution in [-0.4, -0.2) is 23.4 Å². The Bertz CT molecular complexity index is 1070. The monoisotopic (exact) mass is 418 g/mol. The fraction of sp³-hybridized carbons (Fsp3) is 0.167. The Morgan fingerprint density at radius 2 is 1.65 bits per heavy atom. The number of nitrogens with one attached hydrogen (secondary N) is 1. The van der Waals surface area contributed by atoms with Crippen LogP contribution in [0.25, 0.3) is 0 Å². The van der Waals surface area contributed by atoms with Gasteiger partial charge >= 0.3 is 5.97 Å². The third kappa shape index (κ3) is 5.99. The standard InChI is InChI=1S/C24H22N2O5/c1-17-12-13-20(15-22(17)26(29)30)24(28)31-16-23(27)25-21(19-10-6-3-7-11-19)14-18-8-4-2-5-9-18/h2-13,15,21H,14,16H2,1H3,(H,25,27)/t21-/m1/s1. The van der Waals surface area contributed by atoms with E-state index in [4.69, 9.17) is 4.74 Å². The Labute approximate surface area is 179 Å². The molecule has 7 nitrogen and oxygen atoms in total. The quantitative estimate of drug-likeness (QED) is 0.336. The van der Waals surface area contributed by atoms with E-state index in [1.807, 2.05) is 60.7 Å². The third-order valence-corrected chi connectivity index (χ3v) is 4.80. The van der Waals surface area contributed by atoms with Gasteiger partial charge in [0.1, 0.15) is 0 Å². The average Bonchev–Trinajstić information content (AvgIpc) is 2.78. The first-order valence-corrected chi connectivity index (χ1v) is 9.74. The molecule has 1 N–H and O–H groups in total. The molecule has 0 radical (unpaired) electrons. The summed E-state index contributed by atoms with van der Waals surface area (Å²) in [5.41, 5.74) is 2.27. The molecule has 0 spiro atoms. The molecule has 0 aliphatic rings. The molecule has 7 heteroatoms. The molecule has 0 unspecified atom stereocenters. The Hall–Kier alpha value is -4.00. The number of benzene rings is 3. The lowest BCUT2D eigenvalue weighted by atomic mass is 9.99.